The molecule has 0 fully saturated rings. The topological polar surface area (TPSA) is 52.9 Å². The predicted octanol–water partition coefficient (Wildman–Crippen LogP) is 0.586. The molecule has 0 aromatic heterocycles. The molecule has 3 nitrogen and oxygen atoms in total. The van der Waals surface area contributed by atoms with Crippen molar-refractivity contribution in [1.29, 1.82) is 0 Å². The van der Waals surface area contributed by atoms with Gasteiger partial charge >= 0.3 is 0 Å². The van der Waals surface area contributed by atoms with Crippen LogP contribution in [0.15, 0.2) is 30.3 Å². The Kier molecular flexibility index (Phi) is 3.29. The zero-order chi connectivity index (χ0) is 8.81. The van der Waals surface area contributed by atoms with Crippen molar-refractivity contribution in [2.24, 2.45) is 0 Å². The van der Waals surface area contributed by atoms with Crippen molar-refractivity contribution in [2.45, 2.75) is 6.54 Å². The fourth-order valence-corrected chi connectivity index (χ4v) is 0.916. The van der Waals surface area contributed by atoms with E-state index < -0.39 is 5.91 Å². The van der Waals surface area contributed by atoms with Gasteiger partial charge in [-0.15, -0.1) is 0 Å². The summed E-state index contributed by atoms with van der Waals surface area (Å²) in [5, 5.41) is 2.86. The first-order valence-electron chi connectivity index (χ1n) is 3.78. The van der Waals surface area contributed by atoms with Crippen LogP contribution in [0.25, 0.3) is 0 Å². The summed E-state index contributed by atoms with van der Waals surface area (Å²) in [6.45, 7) is 0.764. The zero-order valence-corrected chi connectivity index (χ0v) is 6.71. The Labute approximate surface area is 71.6 Å². The number of benzene rings is 1. The van der Waals surface area contributed by atoms with Crippen molar-refractivity contribution >= 4 is 5.91 Å². The molecule has 0 atom stereocenters. The molecule has 0 unspecified atom stereocenters. The minimum Gasteiger partial charge on any atom is -0.304 e. The van der Waals surface area contributed by atoms with Gasteiger partial charge in [-0.05, 0) is 5.56 Å². The lowest BCUT2D eigenvalue weighted by atomic mass is 10.2. The van der Waals surface area contributed by atoms with Crippen molar-refractivity contribution in [1.82, 2.24) is 11.1 Å². The smallest absolute Gasteiger partial charge is 0.252 e. The fraction of sp³-hybridized carbons (Fsp3) is 0.222. The first-order chi connectivity index (χ1) is 5.79. The Balaban J connectivity index is 2.29. The molecule has 1 rings (SSSR count). The highest BCUT2D eigenvalue weighted by atomic mass is 16.1. The summed E-state index contributed by atoms with van der Waals surface area (Å²) < 4.78 is 0. The number of nitrogens with one attached hydrogen (secondary N) is 2. The van der Waals surface area contributed by atoms with Crippen molar-refractivity contribution in [3.05, 3.63) is 35.9 Å². The second-order valence-corrected chi connectivity index (χ2v) is 2.51. The number of hydrogen-bond acceptors (Lipinski definition) is 2. The summed E-state index contributed by atoms with van der Waals surface area (Å²) >= 11 is 0. The van der Waals surface area contributed by atoms with E-state index in [0.717, 1.165) is 5.56 Å². The van der Waals surface area contributed by atoms with E-state index in [-0.39, 0.29) is 6.54 Å². The third kappa shape index (κ3) is 3.16. The van der Waals surface area contributed by atoms with E-state index in [9.17, 15) is 4.79 Å². The van der Waals surface area contributed by atoms with Gasteiger partial charge in [-0.3, -0.25) is 10.5 Å². The summed E-state index contributed by atoms with van der Waals surface area (Å²) in [5.74, 6) is -0.578. The zero-order valence-electron chi connectivity index (χ0n) is 6.71. The summed E-state index contributed by atoms with van der Waals surface area (Å²) in [7, 11) is 0. The van der Waals surface area contributed by atoms with E-state index in [1.165, 1.54) is 0 Å². The first kappa shape index (κ1) is 8.74. The van der Waals surface area contributed by atoms with Gasteiger partial charge in [-0.1, -0.05) is 30.3 Å². The SMILES string of the molecule is [NH]C(=O)CNCc1ccccc1. The lowest BCUT2D eigenvalue weighted by molar-refractivity contribution is -0.117. The van der Waals surface area contributed by atoms with E-state index in [0.29, 0.717) is 6.54 Å². The molecule has 63 valence electrons. The van der Waals surface area contributed by atoms with Crippen LogP contribution in [0.5, 0.6) is 0 Å². The van der Waals surface area contributed by atoms with Crippen molar-refractivity contribution in [3.63, 3.8) is 0 Å². The highest BCUT2D eigenvalue weighted by Crippen LogP contribution is 1.96. The number of amides is 1. The van der Waals surface area contributed by atoms with Crippen LogP contribution in [-0.2, 0) is 11.3 Å². The summed E-state index contributed by atoms with van der Waals surface area (Å²) in [4.78, 5) is 10.2. The van der Waals surface area contributed by atoms with E-state index in [4.69, 9.17) is 5.73 Å². The maximum absolute atomic E-state index is 10.2. The molecule has 1 aromatic carbocycles. The lowest BCUT2D eigenvalue weighted by Gasteiger charge is -2.00. The van der Waals surface area contributed by atoms with Crippen LogP contribution >= 0.6 is 0 Å². The van der Waals surface area contributed by atoms with Gasteiger partial charge in [0.1, 0.15) is 0 Å². The fourth-order valence-electron chi connectivity index (χ4n) is 0.916. The molecule has 0 saturated heterocycles. The number of hydrogen-bond donors (Lipinski definition) is 1. The van der Waals surface area contributed by atoms with Gasteiger partial charge in [0, 0.05) is 6.54 Å². The second-order valence-electron chi connectivity index (χ2n) is 2.51. The molecule has 2 N–H and O–H groups in total. The van der Waals surface area contributed by atoms with Crippen LogP contribution in [0.4, 0.5) is 0 Å². The van der Waals surface area contributed by atoms with Crippen LogP contribution in [0.1, 0.15) is 5.56 Å². The molecule has 1 radical (unpaired) electrons. The normalized spacial score (nSPS) is 9.67. The van der Waals surface area contributed by atoms with Crippen LogP contribution in [0.3, 0.4) is 0 Å². The quantitative estimate of drug-likeness (QED) is 0.706. The average Bonchev–Trinajstić information content (AvgIpc) is 2.05. The summed E-state index contributed by atoms with van der Waals surface area (Å²) in [6, 6.07) is 9.78. The Morgan fingerprint density at radius 1 is 1.33 bits per heavy atom. The standard InChI is InChI=1S/C9H11N2O/c10-9(12)7-11-6-8-4-2-1-3-5-8/h1-5,10-11H,6-7H2. The maximum Gasteiger partial charge on any atom is 0.252 e. The number of carbonyl (C=O) groups excluding carboxylic acids is 1. The molecular weight excluding hydrogens is 152 g/mol. The number of rotatable bonds is 4. The van der Waals surface area contributed by atoms with Crippen molar-refractivity contribution < 1.29 is 4.79 Å². The monoisotopic (exact) mass is 163 g/mol. The molecular formula is C9H11N2O. The van der Waals surface area contributed by atoms with Gasteiger partial charge in [0.2, 0.25) is 0 Å². The van der Waals surface area contributed by atoms with Gasteiger partial charge < -0.3 is 5.32 Å². The highest BCUT2D eigenvalue weighted by Gasteiger charge is 1.93. The Hall–Kier alpha value is -1.35. The molecule has 0 aliphatic heterocycles. The van der Waals surface area contributed by atoms with Crippen molar-refractivity contribution in [3.8, 4) is 0 Å². The van der Waals surface area contributed by atoms with Gasteiger partial charge in [-0.25, -0.2) is 0 Å². The molecule has 0 spiro atoms. The third-order valence-corrected chi connectivity index (χ3v) is 1.46. The van der Waals surface area contributed by atoms with Gasteiger partial charge in [0.15, 0.2) is 0 Å². The Morgan fingerprint density at radius 2 is 2.00 bits per heavy atom. The first-order valence-corrected chi connectivity index (χ1v) is 3.78. The van der Waals surface area contributed by atoms with E-state index in [2.05, 4.69) is 5.32 Å². The molecule has 0 aliphatic carbocycles. The van der Waals surface area contributed by atoms with E-state index >= 15 is 0 Å². The Bertz CT molecular complexity index is 246. The van der Waals surface area contributed by atoms with E-state index in [1.807, 2.05) is 30.3 Å². The number of carbonyl (C=O) groups is 1. The molecule has 12 heavy (non-hydrogen) atoms. The third-order valence-electron chi connectivity index (χ3n) is 1.46. The van der Waals surface area contributed by atoms with Crippen LogP contribution in [-0.4, -0.2) is 12.5 Å². The molecule has 1 amide bonds. The van der Waals surface area contributed by atoms with Gasteiger partial charge in [0.05, 0.1) is 6.54 Å². The van der Waals surface area contributed by atoms with Crippen LogP contribution < -0.4 is 11.1 Å². The second kappa shape index (κ2) is 4.51. The molecule has 1 aromatic rings. The molecule has 0 bridgehead atoms. The predicted molar refractivity (Wildman–Crippen MR) is 46.3 cm³/mol. The van der Waals surface area contributed by atoms with Crippen molar-refractivity contribution in [2.75, 3.05) is 6.54 Å². The minimum atomic E-state index is -0.578. The van der Waals surface area contributed by atoms with Crippen LogP contribution in [0.2, 0.25) is 0 Å². The maximum atomic E-state index is 10.2. The van der Waals surface area contributed by atoms with Crippen LogP contribution in [0, 0.1) is 0 Å². The lowest BCUT2D eigenvalue weighted by Crippen LogP contribution is -2.22. The Morgan fingerprint density at radius 3 is 2.58 bits per heavy atom. The van der Waals surface area contributed by atoms with Gasteiger partial charge in [-0.2, -0.15) is 0 Å². The highest BCUT2D eigenvalue weighted by molar-refractivity contribution is 5.75. The molecule has 0 heterocycles. The average molecular weight is 163 g/mol. The molecule has 0 aliphatic rings. The summed E-state index contributed by atoms with van der Waals surface area (Å²) in [6.07, 6.45) is 0. The largest absolute Gasteiger partial charge is 0.304 e. The minimum absolute atomic E-state index is 0.120. The summed E-state index contributed by atoms with van der Waals surface area (Å²) in [5.41, 5.74) is 7.77. The van der Waals surface area contributed by atoms with E-state index in [1.54, 1.807) is 0 Å². The van der Waals surface area contributed by atoms with Gasteiger partial charge in [0.25, 0.3) is 5.91 Å². The molecule has 3 heteroatoms. The molecule has 0 saturated carbocycles.